The Labute approximate surface area is 116 Å². The molecule has 0 aromatic heterocycles. The summed E-state index contributed by atoms with van der Waals surface area (Å²) in [5.74, 6) is 0. The Bertz CT molecular complexity index is 368. The first kappa shape index (κ1) is 14.5. The van der Waals surface area contributed by atoms with Gasteiger partial charge in [-0.25, -0.2) is 0 Å². The molecule has 1 N–H and O–H groups in total. The van der Waals surface area contributed by atoms with Crippen molar-refractivity contribution in [3.63, 3.8) is 0 Å². The lowest BCUT2D eigenvalue weighted by atomic mass is 9.98. The topological polar surface area (TPSA) is 24.5 Å². The molecule has 1 aliphatic rings. The largest absolute Gasteiger partial charge is 0.376 e. The first-order valence-electron chi connectivity index (χ1n) is 7.34. The van der Waals surface area contributed by atoms with Crippen LogP contribution in [-0.2, 0) is 4.74 Å². The summed E-state index contributed by atoms with van der Waals surface area (Å²) >= 11 is 0. The van der Waals surface area contributed by atoms with Gasteiger partial charge in [0.05, 0.1) is 12.7 Å². The van der Waals surface area contributed by atoms with Gasteiger partial charge in [0, 0.05) is 25.2 Å². The lowest BCUT2D eigenvalue weighted by molar-refractivity contribution is -0.0466. The Kier molecular flexibility index (Phi) is 5.37. The van der Waals surface area contributed by atoms with Gasteiger partial charge < -0.3 is 10.1 Å². The minimum absolute atomic E-state index is 0.372. The third-order valence-electron chi connectivity index (χ3n) is 4.15. The van der Waals surface area contributed by atoms with Gasteiger partial charge in [-0.2, -0.15) is 0 Å². The molecule has 0 aliphatic carbocycles. The average Bonchev–Trinajstić information content (AvgIpc) is 2.49. The molecule has 1 aromatic carbocycles. The Morgan fingerprint density at radius 3 is 2.74 bits per heavy atom. The van der Waals surface area contributed by atoms with Gasteiger partial charge in [0.15, 0.2) is 0 Å². The summed E-state index contributed by atoms with van der Waals surface area (Å²) in [7, 11) is 2.05. The van der Waals surface area contributed by atoms with Crippen molar-refractivity contribution in [1.29, 1.82) is 0 Å². The van der Waals surface area contributed by atoms with Gasteiger partial charge in [-0.3, -0.25) is 4.90 Å². The van der Waals surface area contributed by atoms with Gasteiger partial charge in [0.1, 0.15) is 0 Å². The number of ether oxygens (including phenoxy) is 1. The lowest BCUT2D eigenvalue weighted by Gasteiger charge is -2.40. The number of nitrogens with zero attached hydrogens (tertiary/aromatic N) is 1. The molecule has 0 saturated carbocycles. The summed E-state index contributed by atoms with van der Waals surface area (Å²) in [6.45, 7) is 7.44. The summed E-state index contributed by atoms with van der Waals surface area (Å²) in [5, 5.41) is 3.47. The molecule has 0 radical (unpaired) electrons. The summed E-state index contributed by atoms with van der Waals surface area (Å²) in [6.07, 6.45) is 1.49. The van der Waals surface area contributed by atoms with Crippen LogP contribution in [-0.4, -0.2) is 43.8 Å². The molecule has 3 heteroatoms. The average molecular weight is 262 g/mol. The zero-order chi connectivity index (χ0) is 13.7. The van der Waals surface area contributed by atoms with E-state index in [2.05, 4.69) is 54.4 Å². The van der Waals surface area contributed by atoms with Crippen molar-refractivity contribution in [2.24, 2.45) is 0 Å². The van der Waals surface area contributed by atoms with Crippen molar-refractivity contribution in [2.75, 3.05) is 26.7 Å². The lowest BCUT2D eigenvalue weighted by Crippen LogP contribution is -2.50. The zero-order valence-electron chi connectivity index (χ0n) is 12.3. The van der Waals surface area contributed by atoms with E-state index in [4.69, 9.17) is 4.74 Å². The van der Waals surface area contributed by atoms with Crippen LogP contribution in [0, 0.1) is 0 Å². The van der Waals surface area contributed by atoms with E-state index in [-0.39, 0.29) is 0 Å². The number of hydrogen-bond acceptors (Lipinski definition) is 3. The van der Waals surface area contributed by atoms with Crippen molar-refractivity contribution in [1.82, 2.24) is 10.2 Å². The standard InChI is InChI=1S/C16H26N2O/c1-4-15-12-18(10-11-19-15)13(2)16(17-3)14-8-6-5-7-9-14/h5-9,13,15-17H,4,10-12H2,1-3H3. The molecule has 1 saturated heterocycles. The SMILES string of the molecule is CCC1CN(C(C)C(NC)c2ccccc2)CCO1. The van der Waals surface area contributed by atoms with Crippen molar-refractivity contribution in [2.45, 2.75) is 38.5 Å². The van der Waals surface area contributed by atoms with E-state index in [1.165, 1.54) is 5.56 Å². The minimum atomic E-state index is 0.372. The summed E-state index contributed by atoms with van der Waals surface area (Å²) < 4.78 is 5.76. The number of benzene rings is 1. The maximum absolute atomic E-state index is 5.76. The van der Waals surface area contributed by atoms with E-state index in [0.29, 0.717) is 18.2 Å². The molecule has 1 fully saturated rings. The quantitative estimate of drug-likeness (QED) is 0.882. The molecule has 3 atom stereocenters. The van der Waals surface area contributed by atoms with Gasteiger partial charge in [0.2, 0.25) is 0 Å². The van der Waals surface area contributed by atoms with Gasteiger partial charge in [-0.1, -0.05) is 37.3 Å². The highest BCUT2D eigenvalue weighted by Crippen LogP contribution is 2.22. The molecule has 0 amide bonds. The van der Waals surface area contributed by atoms with Crippen LogP contribution in [0.5, 0.6) is 0 Å². The molecular weight excluding hydrogens is 236 g/mol. The van der Waals surface area contributed by atoms with Gasteiger partial charge in [0.25, 0.3) is 0 Å². The van der Waals surface area contributed by atoms with Gasteiger partial charge >= 0.3 is 0 Å². The predicted octanol–water partition coefficient (Wildman–Crippen LogP) is 2.45. The Balaban J connectivity index is 2.06. The van der Waals surface area contributed by atoms with Crippen LogP contribution in [0.25, 0.3) is 0 Å². The molecule has 2 rings (SSSR count). The molecule has 0 bridgehead atoms. The van der Waals surface area contributed by atoms with E-state index in [0.717, 1.165) is 26.1 Å². The van der Waals surface area contributed by atoms with Crippen LogP contribution in [0.2, 0.25) is 0 Å². The van der Waals surface area contributed by atoms with E-state index in [1.807, 2.05) is 7.05 Å². The van der Waals surface area contributed by atoms with E-state index in [1.54, 1.807) is 0 Å². The highest BCUT2D eigenvalue weighted by atomic mass is 16.5. The highest BCUT2D eigenvalue weighted by Gasteiger charge is 2.28. The number of nitrogens with one attached hydrogen (secondary N) is 1. The number of morpholine rings is 1. The zero-order valence-corrected chi connectivity index (χ0v) is 12.3. The number of rotatable bonds is 5. The molecule has 3 nitrogen and oxygen atoms in total. The summed E-state index contributed by atoms with van der Waals surface area (Å²) in [4.78, 5) is 2.55. The third kappa shape index (κ3) is 3.56. The van der Waals surface area contributed by atoms with Gasteiger partial charge in [-0.05, 0) is 26.0 Å². The van der Waals surface area contributed by atoms with E-state index in [9.17, 15) is 0 Å². The van der Waals surface area contributed by atoms with Crippen LogP contribution < -0.4 is 5.32 Å². The second-order valence-corrected chi connectivity index (χ2v) is 5.31. The third-order valence-corrected chi connectivity index (χ3v) is 4.15. The van der Waals surface area contributed by atoms with Crippen LogP contribution in [0.3, 0.4) is 0 Å². The highest BCUT2D eigenvalue weighted by molar-refractivity contribution is 5.20. The minimum Gasteiger partial charge on any atom is -0.376 e. The second-order valence-electron chi connectivity index (χ2n) is 5.31. The summed E-state index contributed by atoms with van der Waals surface area (Å²) in [5.41, 5.74) is 1.36. The first-order chi connectivity index (χ1) is 9.26. The second kappa shape index (κ2) is 7.04. The smallest absolute Gasteiger partial charge is 0.0700 e. The van der Waals surface area contributed by atoms with Crippen molar-refractivity contribution >= 4 is 0 Å². The molecule has 1 aromatic rings. The molecule has 1 aliphatic heterocycles. The Morgan fingerprint density at radius 2 is 2.11 bits per heavy atom. The molecule has 1 heterocycles. The fourth-order valence-corrected chi connectivity index (χ4v) is 2.92. The maximum Gasteiger partial charge on any atom is 0.0700 e. The van der Waals surface area contributed by atoms with E-state index < -0.39 is 0 Å². The number of hydrogen-bond donors (Lipinski definition) is 1. The van der Waals surface area contributed by atoms with E-state index >= 15 is 0 Å². The Morgan fingerprint density at radius 1 is 1.37 bits per heavy atom. The molecule has 0 spiro atoms. The van der Waals surface area contributed by atoms with Gasteiger partial charge in [-0.15, -0.1) is 0 Å². The van der Waals surface area contributed by atoms with Crippen molar-refractivity contribution < 1.29 is 4.74 Å². The maximum atomic E-state index is 5.76. The fourth-order valence-electron chi connectivity index (χ4n) is 2.92. The van der Waals surface area contributed by atoms with Crippen LogP contribution in [0.4, 0.5) is 0 Å². The Hall–Kier alpha value is -0.900. The van der Waals surface area contributed by atoms with Crippen molar-refractivity contribution in [3.05, 3.63) is 35.9 Å². The predicted molar refractivity (Wildman–Crippen MR) is 79.3 cm³/mol. The van der Waals surface area contributed by atoms with Crippen LogP contribution >= 0.6 is 0 Å². The summed E-state index contributed by atoms with van der Waals surface area (Å²) in [6, 6.07) is 11.6. The molecule has 106 valence electrons. The molecule has 3 unspecified atom stereocenters. The monoisotopic (exact) mass is 262 g/mol. The normalized spacial score (nSPS) is 24.1. The molecular formula is C16H26N2O. The van der Waals surface area contributed by atoms with Crippen molar-refractivity contribution in [3.8, 4) is 0 Å². The van der Waals surface area contributed by atoms with Crippen LogP contribution in [0.15, 0.2) is 30.3 Å². The first-order valence-corrected chi connectivity index (χ1v) is 7.34. The molecule has 19 heavy (non-hydrogen) atoms. The number of likely N-dealkylation sites (N-methyl/N-ethyl adjacent to an activating group) is 1. The van der Waals surface area contributed by atoms with Crippen LogP contribution in [0.1, 0.15) is 31.9 Å². The fraction of sp³-hybridized carbons (Fsp3) is 0.625.